The molecule has 2 unspecified atom stereocenters. The fourth-order valence-corrected chi connectivity index (χ4v) is 2.35. The summed E-state index contributed by atoms with van der Waals surface area (Å²) in [7, 11) is 0. The van der Waals surface area contributed by atoms with Crippen LogP contribution >= 0.6 is 0 Å². The van der Waals surface area contributed by atoms with Gasteiger partial charge in [0.25, 0.3) is 0 Å². The van der Waals surface area contributed by atoms with Gasteiger partial charge in [0.15, 0.2) is 0 Å². The lowest BCUT2D eigenvalue weighted by Gasteiger charge is -2.33. The second-order valence-corrected chi connectivity index (χ2v) is 4.66. The summed E-state index contributed by atoms with van der Waals surface area (Å²) < 4.78 is 0. The molecule has 0 heterocycles. The molecule has 0 aromatic heterocycles. The van der Waals surface area contributed by atoms with E-state index in [9.17, 15) is 4.79 Å². The topological polar surface area (TPSA) is 37.3 Å². The van der Waals surface area contributed by atoms with E-state index in [1.807, 2.05) is 0 Å². The highest BCUT2D eigenvalue weighted by Gasteiger charge is 2.36. The molecule has 86 valence electrons. The summed E-state index contributed by atoms with van der Waals surface area (Å²) in [5, 5.41) is 8.96. The van der Waals surface area contributed by atoms with Crippen molar-refractivity contribution in [2.24, 2.45) is 11.8 Å². The molecule has 0 spiro atoms. The molecule has 2 atom stereocenters. The largest absolute Gasteiger partial charge is 0.481 e. The Hall–Kier alpha value is -1.31. The highest BCUT2D eigenvalue weighted by molar-refractivity contribution is 5.71. The Balaban J connectivity index is 1.96. The van der Waals surface area contributed by atoms with E-state index >= 15 is 0 Å². The Morgan fingerprint density at radius 2 is 1.88 bits per heavy atom. The molecule has 0 aliphatic heterocycles. The Labute approximate surface area is 96.3 Å². The van der Waals surface area contributed by atoms with Crippen molar-refractivity contribution in [1.82, 2.24) is 0 Å². The molecular weight excluding hydrogens is 200 g/mol. The summed E-state index contributed by atoms with van der Waals surface area (Å²) in [6.07, 6.45) is 3.89. The van der Waals surface area contributed by atoms with E-state index in [0.717, 1.165) is 25.7 Å². The minimum atomic E-state index is -0.624. The number of rotatable bonds is 4. The molecule has 1 aromatic carbocycles. The number of aliphatic carboxylic acids is 1. The van der Waals surface area contributed by atoms with Gasteiger partial charge in [-0.05, 0) is 42.7 Å². The first-order valence-corrected chi connectivity index (χ1v) is 6.01. The molecular formula is C14H18O2. The summed E-state index contributed by atoms with van der Waals surface area (Å²) >= 11 is 0. The first kappa shape index (κ1) is 11.2. The summed E-state index contributed by atoms with van der Waals surface area (Å²) in [6, 6.07) is 8.56. The first-order valence-electron chi connectivity index (χ1n) is 6.01. The quantitative estimate of drug-likeness (QED) is 0.843. The van der Waals surface area contributed by atoms with E-state index in [2.05, 4.69) is 31.2 Å². The van der Waals surface area contributed by atoms with Crippen LogP contribution in [0.2, 0.25) is 0 Å². The van der Waals surface area contributed by atoms with Gasteiger partial charge in [-0.15, -0.1) is 0 Å². The lowest BCUT2D eigenvalue weighted by Crippen LogP contribution is -2.34. The third kappa shape index (κ3) is 2.26. The van der Waals surface area contributed by atoms with Gasteiger partial charge in [0.05, 0.1) is 5.92 Å². The van der Waals surface area contributed by atoms with Crippen molar-refractivity contribution in [3.63, 3.8) is 0 Å². The first-order chi connectivity index (χ1) is 7.70. The van der Waals surface area contributed by atoms with Crippen molar-refractivity contribution in [2.45, 2.75) is 32.6 Å². The SMILES string of the molecule is CCc1ccc(CC2CCC2C(=O)O)cc1. The maximum absolute atomic E-state index is 10.9. The van der Waals surface area contributed by atoms with E-state index in [1.165, 1.54) is 11.1 Å². The number of carboxylic acid groups (broad SMARTS) is 1. The van der Waals surface area contributed by atoms with Gasteiger partial charge in [-0.25, -0.2) is 0 Å². The summed E-state index contributed by atoms with van der Waals surface area (Å²) in [6.45, 7) is 2.14. The predicted octanol–water partition coefficient (Wildman–Crippen LogP) is 2.90. The van der Waals surface area contributed by atoms with Crippen LogP contribution in [-0.2, 0) is 17.6 Å². The van der Waals surface area contributed by atoms with E-state index in [1.54, 1.807) is 0 Å². The van der Waals surface area contributed by atoms with Crippen molar-refractivity contribution in [3.05, 3.63) is 35.4 Å². The van der Waals surface area contributed by atoms with Gasteiger partial charge < -0.3 is 5.11 Å². The molecule has 0 bridgehead atoms. The van der Waals surface area contributed by atoms with Crippen LogP contribution in [-0.4, -0.2) is 11.1 Å². The summed E-state index contributed by atoms with van der Waals surface area (Å²) in [5.74, 6) is -0.378. The Morgan fingerprint density at radius 3 is 2.31 bits per heavy atom. The van der Waals surface area contributed by atoms with Gasteiger partial charge in [0, 0.05) is 0 Å². The van der Waals surface area contributed by atoms with Crippen LogP contribution in [0, 0.1) is 11.8 Å². The molecule has 0 radical (unpaired) electrons. The summed E-state index contributed by atoms with van der Waals surface area (Å²) in [5.41, 5.74) is 2.61. The molecule has 0 amide bonds. The van der Waals surface area contributed by atoms with Gasteiger partial charge >= 0.3 is 5.97 Å². The smallest absolute Gasteiger partial charge is 0.306 e. The molecule has 1 saturated carbocycles. The minimum Gasteiger partial charge on any atom is -0.481 e. The average molecular weight is 218 g/mol. The number of aryl methyl sites for hydroxylation is 1. The molecule has 1 aliphatic rings. The molecule has 0 saturated heterocycles. The lowest BCUT2D eigenvalue weighted by molar-refractivity contribution is -0.147. The van der Waals surface area contributed by atoms with Crippen LogP contribution in [0.3, 0.4) is 0 Å². The van der Waals surface area contributed by atoms with Crippen LogP contribution in [0.25, 0.3) is 0 Å². The van der Waals surface area contributed by atoms with E-state index < -0.39 is 5.97 Å². The average Bonchev–Trinajstić information content (AvgIpc) is 2.24. The Bertz CT molecular complexity index is 367. The fourth-order valence-electron chi connectivity index (χ4n) is 2.35. The van der Waals surface area contributed by atoms with E-state index in [4.69, 9.17) is 5.11 Å². The zero-order chi connectivity index (χ0) is 11.5. The van der Waals surface area contributed by atoms with E-state index in [-0.39, 0.29) is 5.92 Å². The third-order valence-corrected chi connectivity index (χ3v) is 3.66. The molecule has 2 nitrogen and oxygen atoms in total. The van der Waals surface area contributed by atoms with Gasteiger partial charge in [-0.2, -0.15) is 0 Å². The zero-order valence-corrected chi connectivity index (χ0v) is 9.65. The van der Waals surface area contributed by atoms with Gasteiger partial charge in [-0.3, -0.25) is 4.79 Å². The van der Waals surface area contributed by atoms with Gasteiger partial charge in [0.2, 0.25) is 0 Å². The molecule has 16 heavy (non-hydrogen) atoms. The third-order valence-electron chi connectivity index (χ3n) is 3.66. The zero-order valence-electron chi connectivity index (χ0n) is 9.65. The second-order valence-electron chi connectivity index (χ2n) is 4.66. The monoisotopic (exact) mass is 218 g/mol. The van der Waals surface area contributed by atoms with E-state index in [0.29, 0.717) is 5.92 Å². The maximum Gasteiger partial charge on any atom is 0.306 e. The normalized spacial score (nSPS) is 23.8. The molecule has 2 heteroatoms. The highest BCUT2D eigenvalue weighted by Crippen LogP contribution is 2.36. The molecule has 1 aromatic rings. The predicted molar refractivity (Wildman–Crippen MR) is 63.4 cm³/mol. The van der Waals surface area contributed by atoms with Gasteiger partial charge in [-0.1, -0.05) is 31.2 Å². The second kappa shape index (κ2) is 4.69. The molecule has 1 fully saturated rings. The van der Waals surface area contributed by atoms with Crippen LogP contribution in [0.15, 0.2) is 24.3 Å². The minimum absolute atomic E-state index is 0.106. The number of carbonyl (C=O) groups is 1. The maximum atomic E-state index is 10.9. The standard InChI is InChI=1S/C14H18O2/c1-2-10-3-5-11(6-4-10)9-12-7-8-13(12)14(15)16/h3-6,12-13H,2,7-9H2,1H3,(H,15,16). The number of hydrogen-bond donors (Lipinski definition) is 1. The van der Waals surface area contributed by atoms with Crippen molar-refractivity contribution in [1.29, 1.82) is 0 Å². The van der Waals surface area contributed by atoms with Crippen molar-refractivity contribution in [2.75, 3.05) is 0 Å². The number of hydrogen-bond acceptors (Lipinski definition) is 1. The molecule has 1 N–H and O–H groups in total. The lowest BCUT2D eigenvalue weighted by atomic mass is 9.71. The number of carboxylic acids is 1. The van der Waals surface area contributed by atoms with Crippen molar-refractivity contribution < 1.29 is 9.90 Å². The van der Waals surface area contributed by atoms with Gasteiger partial charge in [0.1, 0.15) is 0 Å². The Kier molecular flexibility index (Phi) is 3.28. The number of benzene rings is 1. The van der Waals surface area contributed by atoms with Crippen molar-refractivity contribution in [3.8, 4) is 0 Å². The van der Waals surface area contributed by atoms with Crippen LogP contribution in [0.4, 0.5) is 0 Å². The summed E-state index contributed by atoms with van der Waals surface area (Å²) in [4.78, 5) is 10.9. The molecule has 2 rings (SSSR count). The van der Waals surface area contributed by atoms with Crippen LogP contribution in [0.5, 0.6) is 0 Å². The Morgan fingerprint density at radius 1 is 1.25 bits per heavy atom. The van der Waals surface area contributed by atoms with Crippen molar-refractivity contribution >= 4 is 5.97 Å². The van der Waals surface area contributed by atoms with Crippen LogP contribution in [0.1, 0.15) is 30.9 Å². The molecule has 1 aliphatic carbocycles. The van der Waals surface area contributed by atoms with Crippen LogP contribution < -0.4 is 0 Å². The fraction of sp³-hybridized carbons (Fsp3) is 0.500. The highest BCUT2D eigenvalue weighted by atomic mass is 16.4.